The summed E-state index contributed by atoms with van der Waals surface area (Å²) in [5.41, 5.74) is 2.03. The summed E-state index contributed by atoms with van der Waals surface area (Å²) in [5.74, 6) is 0.341. The van der Waals surface area contributed by atoms with Gasteiger partial charge in [-0.2, -0.15) is 0 Å². The summed E-state index contributed by atoms with van der Waals surface area (Å²) >= 11 is 5.81. The van der Waals surface area contributed by atoms with Gasteiger partial charge in [-0.15, -0.1) is 0 Å². The van der Waals surface area contributed by atoms with Gasteiger partial charge in [0.1, 0.15) is 5.75 Å². The van der Waals surface area contributed by atoms with Gasteiger partial charge in [0.25, 0.3) is 0 Å². The summed E-state index contributed by atoms with van der Waals surface area (Å²) in [5, 5.41) is 10.3. The first-order valence-electron chi connectivity index (χ1n) is 5.45. The number of phenolic OH excluding ortho intramolecular Hbond substituents is 1. The molecule has 0 aromatic heterocycles. The number of aromatic hydroxyl groups is 1. The van der Waals surface area contributed by atoms with Gasteiger partial charge in [-0.25, -0.2) is 0 Å². The molecule has 0 unspecified atom stereocenters. The second-order valence-corrected chi connectivity index (χ2v) is 4.22. The minimum atomic E-state index is 0.341. The molecule has 0 amide bonds. The molecule has 0 saturated carbocycles. The second-order valence-electron chi connectivity index (χ2n) is 3.79. The standard InChI is InChI=1S/C15H13ClO/c16-14-10-8-12(9-11-14)4-3-6-13-5-1-2-7-15(13)17/h1-5,7-11,17H,6H2/b4-3+. The Kier molecular flexibility index (Phi) is 3.84. The Bertz CT molecular complexity index is 515. The minimum Gasteiger partial charge on any atom is -0.508 e. The van der Waals surface area contributed by atoms with Crippen LogP contribution in [0.4, 0.5) is 0 Å². The molecular weight excluding hydrogens is 232 g/mol. The molecule has 1 nitrogen and oxygen atoms in total. The van der Waals surface area contributed by atoms with E-state index in [0.29, 0.717) is 5.75 Å². The molecule has 0 aliphatic heterocycles. The van der Waals surface area contributed by atoms with E-state index in [1.165, 1.54) is 0 Å². The summed E-state index contributed by atoms with van der Waals surface area (Å²) < 4.78 is 0. The number of benzene rings is 2. The van der Waals surface area contributed by atoms with E-state index < -0.39 is 0 Å². The zero-order chi connectivity index (χ0) is 12.1. The van der Waals surface area contributed by atoms with Crippen molar-refractivity contribution in [3.05, 3.63) is 70.8 Å². The normalized spacial score (nSPS) is 10.9. The first-order valence-corrected chi connectivity index (χ1v) is 5.82. The molecule has 0 heterocycles. The quantitative estimate of drug-likeness (QED) is 0.854. The van der Waals surface area contributed by atoms with Crippen molar-refractivity contribution in [2.45, 2.75) is 6.42 Å². The third-order valence-corrected chi connectivity index (χ3v) is 2.76. The lowest BCUT2D eigenvalue weighted by Crippen LogP contribution is -1.81. The van der Waals surface area contributed by atoms with Crippen molar-refractivity contribution in [3.8, 4) is 5.75 Å². The molecule has 0 radical (unpaired) electrons. The van der Waals surface area contributed by atoms with Gasteiger partial charge in [0.15, 0.2) is 0 Å². The van der Waals surface area contributed by atoms with Crippen LogP contribution in [0.2, 0.25) is 5.02 Å². The average molecular weight is 245 g/mol. The highest BCUT2D eigenvalue weighted by molar-refractivity contribution is 6.30. The minimum absolute atomic E-state index is 0.341. The van der Waals surface area contributed by atoms with Gasteiger partial charge in [0.05, 0.1) is 0 Å². The van der Waals surface area contributed by atoms with Crippen LogP contribution in [0.3, 0.4) is 0 Å². The maximum absolute atomic E-state index is 9.59. The third kappa shape index (κ3) is 3.36. The molecule has 0 bridgehead atoms. The van der Waals surface area contributed by atoms with Crippen LogP contribution in [0.25, 0.3) is 6.08 Å². The largest absolute Gasteiger partial charge is 0.508 e. The number of para-hydroxylation sites is 1. The fourth-order valence-electron chi connectivity index (χ4n) is 1.58. The molecule has 17 heavy (non-hydrogen) atoms. The van der Waals surface area contributed by atoms with Gasteiger partial charge in [-0.05, 0) is 35.7 Å². The molecule has 2 aromatic carbocycles. The molecule has 0 saturated heterocycles. The maximum Gasteiger partial charge on any atom is 0.119 e. The predicted molar refractivity (Wildman–Crippen MR) is 72.3 cm³/mol. The molecule has 2 rings (SSSR count). The summed E-state index contributed by atoms with van der Waals surface area (Å²) in [4.78, 5) is 0. The molecule has 0 aliphatic rings. The summed E-state index contributed by atoms with van der Waals surface area (Å²) in [6, 6.07) is 15.0. The van der Waals surface area contributed by atoms with E-state index in [2.05, 4.69) is 0 Å². The van der Waals surface area contributed by atoms with Gasteiger partial charge in [0.2, 0.25) is 0 Å². The molecule has 0 aliphatic carbocycles. The van der Waals surface area contributed by atoms with Gasteiger partial charge in [-0.3, -0.25) is 0 Å². The Morgan fingerprint density at radius 1 is 1.00 bits per heavy atom. The van der Waals surface area contributed by atoms with Crippen molar-refractivity contribution in [3.63, 3.8) is 0 Å². The molecular formula is C15H13ClO. The van der Waals surface area contributed by atoms with Crippen LogP contribution in [0.15, 0.2) is 54.6 Å². The van der Waals surface area contributed by atoms with Crippen molar-refractivity contribution in [2.75, 3.05) is 0 Å². The fraction of sp³-hybridized carbons (Fsp3) is 0.0667. The van der Waals surface area contributed by atoms with Crippen LogP contribution in [0.5, 0.6) is 5.75 Å². The molecule has 0 spiro atoms. The van der Waals surface area contributed by atoms with Crippen LogP contribution < -0.4 is 0 Å². The zero-order valence-corrected chi connectivity index (χ0v) is 10.1. The smallest absolute Gasteiger partial charge is 0.119 e. The van der Waals surface area contributed by atoms with Crippen molar-refractivity contribution in [2.24, 2.45) is 0 Å². The number of allylic oxidation sites excluding steroid dienone is 1. The number of hydrogen-bond donors (Lipinski definition) is 1. The van der Waals surface area contributed by atoms with Crippen LogP contribution in [0, 0.1) is 0 Å². The van der Waals surface area contributed by atoms with Crippen LogP contribution in [0.1, 0.15) is 11.1 Å². The molecule has 0 fully saturated rings. The second kappa shape index (κ2) is 5.55. The summed E-state index contributed by atoms with van der Waals surface area (Å²) in [6.07, 6.45) is 4.76. The van der Waals surface area contributed by atoms with Crippen LogP contribution >= 0.6 is 11.6 Å². The first-order chi connectivity index (χ1) is 8.25. The van der Waals surface area contributed by atoms with E-state index in [1.807, 2.05) is 54.6 Å². The van der Waals surface area contributed by atoms with E-state index in [1.54, 1.807) is 6.07 Å². The molecule has 86 valence electrons. The van der Waals surface area contributed by atoms with Gasteiger partial charge in [-0.1, -0.05) is 54.1 Å². The Hall–Kier alpha value is -1.73. The monoisotopic (exact) mass is 244 g/mol. The number of rotatable bonds is 3. The summed E-state index contributed by atoms with van der Waals surface area (Å²) in [7, 11) is 0. The van der Waals surface area contributed by atoms with E-state index in [9.17, 15) is 5.11 Å². The Labute approximate surface area is 106 Å². The highest BCUT2D eigenvalue weighted by Gasteiger charge is 1.95. The fourth-order valence-corrected chi connectivity index (χ4v) is 1.71. The number of phenols is 1. The Balaban J connectivity index is 2.03. The Morgan fingerprint density at radius 2 is 1.71 bits per heavy atom. The van der Waals surface area contributed by atoms with Gasteiger partial charge >= 0.3 is 0 Å². The van der Waals surface area contributed by atoms with E-state index in [0.717, 1.165) is 22.6 Å². The lowest BCUT2D eigenvalue weighted by Gasteiger charge is -1.99. The van der Waals surface area contributed by atoms with E-state index in [-0.39, 0.29) is 0 Å². The van der Waals surface area contributed by atoms with Crippen LogP contribution in [-0.4, -0.2) is 5.11 Å². The van der Waals surface area contributed by atoms with E-state index >= 15 is 0 Å². The predicted octanol–water partition coefficient (Wildman–Crippen LogP) is 4.30. The average Bonchev–Trinajstić information content (AvgIpc) is 2.34. The molecule has 0 atom stereocenters. The van der Waals surface area contributed by atoms with E-state index in [4.69, 9.17) is 11.6 Å². The van der Waals surface area contributed by atoms with Crippen molar-refractivity contribution >= 4 is 17.7 Å². The SMILES string of the molecule is Oc1ccccc1C/C=C/c1ccc(Cl)cc1. The van der Waals surface area contributed by atoms with Crippen molar-refractivity contribution < 1.29 is 5.11 Å². The van der Waals surface area contributed by atoms with Gasteiger partial charge in [0, 0.05) is 5.02 Å². The lowest BCUT2D eigenvalue weighted by molar-refractivity contribution is 0.470. The lowest BCUT2D eigenvalue weighted by atomic mass is 10.1. The molecule has 2 heteroatoms. The molecule has 1 N–H and O–H groups in total. The van der Waals surface area contributed by atoms with Crippen molar-refractivity contribution in [1.29, 1.82) is 0 Å². The van der Waals surface area contributed by atoms with Crippen LogP contribution in [-0.2, 0) is 6.42 Å². The number of hydrogen-bond acceptors (Lipinski definition) is 1. The summed E-state index contributed by atoms with van der Waals surface area (Å²) in [6.45, 7) is 0. The third-order valence-electron chi connectivity index (χ3n) is 2.51. The number of halogens is 1. The maximum atomic E-state index is 9.59. The van der Waals surface area contributed by atoms with Crippen molar-refractivity contribution in [1.82, 2.24) is 0 Å². The molecule has 2 aromatic rings. The first kappa shape index (κ1) is 11.7. The highest BCUT2D eigenvalue weighted by Crippen LogP contribution is 2.17. The zero-order valence-electron chi connectivity index (χ0n) is 9.31. The Morgan fingerprint density at radius 3 is 2.41 bits per heavy atom. The highest BCUT2D eigenvalue weighted by atomic mass is 35.5. The van der Waals surface area contributed by atoms with Gasteiger partial charge < -0.3 is 5.11 Å². The topological polar surface area (TPSA) is 20.2 Å².